The van der Waals surface area contributed by atoms with E-state index in [1.807, 2.05) is 30.5 Å². The molecule has 0 saturated heterocycles. The first kappa shape index (κ1) is 21.3. The summed E-state index contributed by atoms with van der Waals surface area (Å²) in [5, 5.41) is 0. The van der Waals surface area contributed by atoms with Crippen LogP contribution in [-0.4, -0.2) is 28.3 Å². The standard InChI is InChI=1S/C23H21N3O3.ClH/c24-23(28)16-3-1-15(2-4-16)11-18-6-5-17-12-20(7-8-21(17)22(18)27)29-10-9-19-13-25-14-26-19;/h1-4,7-8,11-14H,5-6,9-10H2,(H2,24,28)(H,25,26);1H. The minimum Gasteiger partial charge on any atom is -0.493 e. The normalized spacial score (nSPS) is 14.1. The summed E-state index contributed by atoms with van der Waals surface area (Å²) in [5.41, 5.74) is 10.0. The van der Waals surface area contributed by atoms with Crippen LogP contribution in [0.1, 0.15) is 44.0 Å². The summed E-state index contributed by atoms with van der Waals surface area (Å²) >= 11 is 0. The average Bonchev–Trinajstić information content (AvgIpc) is 3.24. The van der Waals surface area contributed by atoms with Crippen molar-refractivity contribution in [2.75, 3.05) is 6.61 Å². The SMILES string of the molecule is Cl.NC(=O)c1ccc(C=C2CCc3cc(OCCc4c[nH]cn4)ccc3C2=O)cc1. The highest BCUT2D eigenvalue weighted by Crippen LogP contribution is 2.29. The number of hydrogen-bond donors (Lipinski definition) is 2. The molecule has 0 aliphatic heterocycles. The first-order valence-electron chi connectivity index (χ1n) is 9.48. The Hall–Kier alpha value is -3.38. The Morgan fingerprint density at radius 1 is 1.17 bits per heavy atom. The number of nitrogens with two attached hydrogens (primary N) is 1. The molecule has 0 atom stereocenters. The number of primary amides is 1. The predicted octanol–water partition coefficient (Wildman–Crippen LogP) is 3.76. The van der Waals surface area contributed by atoms with Gasteiger partial charge in [0.05, 0.1) is 18.6 Å². The van der Waals surface area contributed by atoms with E-state index in [4.69, 9.17) is 10.5 Å². The first-order chi connectivity index (χ1) is 14.1. The van der Waals surface area contributed by atoms with E-state index >= 15 is 0 Å². The molecule has 7 heteroatoms. The van der Waals surface area contributed by atoms with Gasteiger partial charge in [-0.1, -0.05) is 12.1 Å². The number of ether oxygens (including phenoxy) is 1. The number of hydrogen-bond acceptors (Lipinski definition) is 4. The number of nitrogens with one attached hydrogen (secondary N) is 1. The number of allylic oxidation sites excluding steroid dienone is 1. The second kappa shape index (κ2) is 9.41. The second-order valence-corrected chi connectivity index (χ2v) is 6.96. The molecule has 4 rings (SSSR count). The van der Waals surface area contributed by atoms with Gasteiger partial charge in [-0.2, -0.15) is 0 Å². The summed E-state index contributed by atoms with van der Waals surface area (Å²) in [6.45, 7) is 0.532. The fourth-order valence-corrected chi connectivity index (χ4v) is 3.43. The van der Waals surface area contributed by atoms with E-state index in [9.17, 15) is 9.59 Å². The van der Waals surface area contributed by atoms with Gasteiger partial charge in [0.1, 0.15) is 5.75 Å². The molecule has 154 valence electrons. The van der Waals surface area contributed by atoms with Crippen LogP contribution in [0.5, 0.6) is 5.75 Å². The number of Topliss-reactive ketones (excluding diaryl/α,β-unsaturated/α-hetero) is 1. The largest absolute Gasteiger partial charge is 0.493 e. The van der Waals surface area contributed by atoms with Crippen molar-refractivity contribution in [2.24, 2.45) is 5.73 Å². The Morgan fingerprint density at radius 3 is 2.67 bits per heavy atom. The lowest BCUT2D eigenvalue weighted by molar-refractivity contribution is 0.0997. The van der Waals surface area contributed by atoms with Crippen LogP contribution in [0.15, 0.2) is 60.6 Å². The van der Waals surface area contributed by atoms with E-state index in [1.54, 1.807) is 30.6 Å². The van der Waals surface area contributed by atoms with Crippen molar-refractivity contribution < 1.29 is 14.3 Å². The number of rotatable bonds is 6. The molecule has 0 unspecified atom stereocenters. The van der Waals surface area contributed by atoms with Gasteiger partial charge in [-0.3, -0.25) is 9.59 Å². The quantitative estimate of drug-likeness (QED) is 0.589. The van der Waals surface area contributed by atoms with Crippen LogP contribution in [0, 0.1) is 0 Å². The first-order valence-corrected chi connectivity index (χ1v) is 9.48. The smallest absolute Gasteiger partial charge is 0.248 e. The van der Waals surface area contributed by atoms with Crippen LogP contribution in [-0.2, 0) is 12.8 Å². The van der Waals surface area contributed by atoms with Crippen molar-refractivity contribution >= 4 is 30.2 Å². The Bertz CT molecular complexity index is 1070. The topological polar surface area (TPSA) is 98.1 Å². The van der Waals surface area contributed by atoms with Gasteiger partial charge in [-0.15, -0.1) is 12.4 Å². The van der Waals surface area contributed by atoms with Crippen LogP contribution in [0.4, 0.5) is 0 Å². The number of imidazole rings is 1. The second-order valence-electron chi connectivity index (χ2n) is 6.96. The summed E-state index contributed by atoms with van der Waals surface area (Å²) in [6, 6.07) is 12.6. The summed E-state index contributed by atoms with van der Waals surface area (Å²) < 4.78 is 5.82. The molecular weight excluding hydrogens is 402 g/mol. The minimum absolute atomic E-state index is 0. The lowest BCUT2D eigenvalue weighted by Crippen LogP contribution is -2.14. The molecule has 1 aliphatic carbocycles. The number of aromatic nitrogens is 2. The van der Waals surface area contributed by atoms with Crippen LogP contribution >= 0.6 is 12.4 Å². The number of carbonyl (C=O) groups is 2. The molecule has 0 fully saturated rings. The summed E-state index contributed by atoms with van der Waals surface area (Å²) in [4.78, 5) is 31.2. The maximum absolute atomic E-state index is 12.9. The van der Waals surface area contributed by atoms with Gasteiger partial charge in [-0.05, 0) is 60.4 Å². The molecule has 30 heavy (non-hydrogen) atoms. The maximum Gasteiger partial charge on any atom is 0.248 e. The lowest BCUT2D eigenvalue weighted by atomic mass is 9.86. The van der Waals surface area contributed by atoms with Crippen molar-refractivity contribution in [1.29, 1.82) is 0 Å². The summed E-state index contributed by atoms with van der Waals surface area (Å²) in [7, 11) is 0. The van der Waals surface area contributed by atoms with E-state index in [-0.39, 0.29) is 18.2 Å². The Morgan fingerprint density at radius 2 is 1.97 bits per heavy atom. The van der Waals surface area contributed by atoms with Crippen molar-refractivity contribution in [3.05, 3.63) is 88.5 Å². The zero-order valence-corrected chi connectivity index (χ0v) is 17.1. The predicted molar refractivity (Wildman–Crippen MR) is 117 cm³/mol. The molecule has 1 heterocycles. The van der Waals surface area contributed by atoms with Crippen LogP contribution in [0.2, 0.25) is 0 Å². The van der Waals surface area contributed by atoms with Gasteiger partial charge in [0.2, 0.25) is 5.91 Å². The highest BCUT2D eigenvalue weighted by Gasteiger charge is 2.22. The summed E-state index contributed by atoms with van der Waals surface area (Å²) in [5.74, 6) is 0.337. The highest BCUT2D eigenvalue weighted by atomic mass is 35.5. The van der Waals surface area contributed by atoms with Crippen molar-refractivity contribution in [3.63, 3.8) is 0 Å². The molecule has 0 radical (unpaired) electrons. The molecule has 2 aromatic carbocycles. The number of aromatic amines is 1. The third-order valence-corrected chi connectivity index (χ3v) is 4.99. The number of ketones is 1. The van der Waals surface area contributed by atoms with E-state index < -0.39 is 5.91 Å². The van der Waals surface area contributed by atoms with E-state index in [0.717, 1.165) is 46.5 Å². The number of H-pyrrole nitrogens is 1. The number of fused-ring (bicyclic) bond motifs is 1. The number of benzene rings is 2. The zero-order valence-electron chi connectivity index (χ0n) is 16.3. The zero-order chi connectivity index (χ0) is 20.2. The van der Waals surface area contributed by atoms with Crippen molar-refractivity contribution in [3.8, 4) is 5.75 Å². The third-order valence-electron chi connectivity index (χ3n) is 4.99. The number of amides is 1. The number of nitrogens with zero attached hydrogens (tertiary/aromatic N) is 1. The van der Waals surface area contributed by atoms with E-state index in [0.29, 0.717) is 18.6 Å². The Balaban J connectivity index is 0.00000256. The molecule has 1 amide bonds. The lowest BCUT2D eigenvalue weighted by Gasteiger charge is -2.18. The summed E-state index contributed by atoms with van der Waals surface area (Å²) in [6.07, 6.45) is 7.55. The number of halogens is 1. The average molecular weight is 424 g/mol. The number of carbonyl (C=O) groups excluding carboxylic acids is 2. The highest BCUT2D eigenvalue weighted by molar-refractivity contribution is 6.13. The Labute approximate surface area is 180 Å². The fraction of sp³-hybridized carbons (Fsp3) is 0.174. The van der Waals surface area contributed by atoms with Gasteiger partial charge in [0.25, 0.3) is 0 Å². The van der Waals surface area contributed by atoms with Crippen molar-refractivity contribution in [1.82, 2.24) is 9.97 Å². The van der Waals surface area contributed by atoms with Gasteiger partial charge in [-0.25, -0.2) is 4.98 Å². The van der Waals surface area contributed by atoms with Crippen molar-refractivity contribution in [2.45, 2.75) is 19.3 Å². The molecule has 0 bridgehead atoms. The van der Waals surface area contributed by atoms with Crippen LogP contribution in [0.25, 0.3) is 6.08 Å². The van der Waals surface area contributed by atoms with E-state index in [1.165, 1.54) is 0 Å². The maximum atomic E-state index is 12.9. The van der Waals surface area contributed by atoms with Gasteiger partial charge >= 0.3 is 0 Å². The third kappa shape index (κ3) is 4.78. The van der Waals surface area contributed by atoms with Gasteiger partial charge in [0, 0.05) is 29.3 Å². The van der Waals surface area contributed by atoms with Gasteiger partial charge in [0.15, 0.2) is 5.78 Å². The van der Waals surface area contributed by atoms with E-state index in [2.05, 4.69) is 9.97 Å². The molecule has 0 saturated carbocycles. The molecule has 3 N–H and O–H groups in total. The molecular formula is C23H22ClN3O3. The Kier molecular flexibility index (Phi) is 6.69. The molecule has 1 aromatic heterocycles. The molecule has 1 aliphatic rings. The fourth-order valence-electron chi connectivity index (χ4n) is 3.43. The van der Waals surface area contributed by atoms with Crippen LogP contribution < -0.4 is 10.5 Å². The minimum atomic E-state index is -0.464. The van der Waals surface area contributed by atoms with Crippen LogP contribution in [0.3, 0.4) is 0 Å². The molecule has 6 nitrogen and oxygen atoms in total. The molecule has 0 spiro atoms. The van der Waals surface area contributed by atoms with Gasteiger partial charge < -0.3 is 15.5 Å². The molecule has 3 aromatic rings. The monoisotopic (exact) mass is 423 g/mol. The number of aryl methyl sites for hydroxylation is 1.